The molecule has 8 rings (SSSR count). The lowest BCUT2D eigenvalue weighted by atomic mass is 9.70. The second kappa shape index (κ2) is 14.1. The summed E-state index contributed by atoms with van der Waals surface area (Å²) < 4.78 is 61.2. The largest absolute Gasteiger partial charge is 0.339 e. The highest BCUT2D eigenvalue weighted by atomic mass is 35.5. The third-order valence-corrected chi connectivity index (χ3v) is 14.4. The first-order chi connectivity index (χ1) is 25.0. The Bertz CT molecular complexity index is 2080. The Balaban J connectivity index is 0.986. The molecule has 3 atom stereocenters. The number of carbonyl (C=O) groups excluding carboxylic acids is 1. The molecule has 1 unspecified atom stereocenters. The van der Waals surface area contributed by atoms with Crippen LogP contribution in [0.5, 0.6) is 0 Å². The summed E-state index contributed by atoms with van der Waals surface area (Å²) in [4.78, 5) is 22.6. The molecule has 4 aliphatic rings. The molecule has 0 radical (unpaired) electrons. The summed E-state index contributed by atoms with van der Waals surface area (Å²) in [5.74, 6) is -0.636. The highest BCUT2D eigenvalue weighted by Gasteiger charge is 2.44. The van der Waals surface area contributed by atoms with Gasteiger partial charge in [0.05, 0.1) is 21.6 Å². The van der Waals surface area contributed by atoms with Crippen LogP contribution < -0.4 is 4.72 Å². The smallest absolute Gasteiger partial charge is 0.255 e. The van der Waals surface area contributed by atoms with E-state index in [0.717, 1.165) is 80.5 Å². The van der Waals surface area contributed by atoms with Crippen LogP contribution >= 0.6 is 11.6 Å². The maximum atomic E-state index is 15.0. The van der Waals surface area contributed by atoms with Crippen molar-refractivity contribution >= 4 is 38.6 Å². The maximum absolute atomic E-state index is 15.0. The lowest BCUT2D eigenvalue weighted by molar-refractivity contribution is 0.0606. The number of amides is 1. The van der Waals surface area contributed by atoms with Gasteiger partial charge < -0.3 is 9.47 Å². The predicted octanol–water partition coefficient (Wildman–Crippen LogP) is 7.93. The molecular weight excluding hydrogens is 704 g/mol. The van der Waals surface area contributed by atoms with Gasteiger partial charge in [-0.2, -0.15) is 0 Å². The van der Waals surface area contributed by atoms with Crippen molar-refractivity contribution in [3.05, 3.63) is 94.3 Å². The zero-order chi connectivity index (χ0) is 36.2. The van der Waals surface area contributed by atoms with Crippen LogP contribution in [-0.2, 0) is 15.4 Å². The minimum atomic E-state index is -4.19. The number of benzene rings is 3. The summed E-state index contributed by atoms with van der Waals surface area (Å²) in [7, 11) is -4.19. The van der Waals surface area contributed by atoms with Crippen molar-refractivity contribution in [2.24, 2.45) is 0 Å². The second-order valence-corrected chi connectivity index (χ2v) is 17.6. The van der Waals surface area contributed by atoms with Crippen LogP contribution in [0.15, 0.2) is 65.6 Å². The lowest BCUT2D eigenvalue weighted by Gasteiger charge is -2.45. The van der Waals surface area contributed by atoms with Crippen LogP contribution in [-0.4, -0.2) is 71.4 Å². The molecule has 12 heteroatoms. The molecule has 2 bridgehead atoms. The number of hydrogen-bond donors (Lipinski definition) is 1. The molecule has 1 saturated carbocycles. The normalized spacial score (nSPS) is 23.8. The van der Waals surface area contributed by atoms with Gasteiger partial charge in [0.1, 0.15) is 22.4 Å². The third-order valence-electron chi connectivity index (χ3n) is 12.5. The minimum absolute atomic E-state index is 0.0338. The van der Waals surface area contributed by atoms with Gasteiger partial charge in [-0.3, -0.25) is 9.69 Å². The number of aryl methyl sites for hydroxylation is 1. The maximum Gasteiger partial charge on any atom is 0.255 e. The Labute approximate surface area is 309 Å². The fourth-order valence-corrected chi connectivity index (χ4v) is 11.4. The molecule has 4 heterocycles. The van der Waals surface area contributed by atoms with E-state index in [1.54, 1.807) is 17.0 Å². The van der Waals surface area contributed by atoms with Crippen molar-refractivity contribution in [3.63, 3.8) is 0 Å². The molecular formula is C40H46ClF2N5O3S. The van der Waals surface area contributed by atoms with E-state index in [-0.39, 0.29) is 27.9 Å². The van der Waals surface area contributed by atoms with Gasteiger partial charge in [0.2, 0.25) is 10.0 Å². The van der Waals surface area contributed by atoms with Crippen LogP contribution in [0.2, 0.25) is 5.02 Å². The fourth-order valence-electron chi connectivity index (χ4n) is 9.83. The van der Waals surface area contributed by atoms with Crippen molar-refractivity contribution < 1.29 is 22.0 Å². The Kier molecular flexibility index (Phi) is 9.68. The zero-order valence-electron chi connectivity index (χ0n) is 29.5. The Morgan fingerprint density at radius 1 is 0.942 bits per heavy atom. The SMILES string of the molecule is Cc1nc2ccccc2n1C1C[C@H]2CC[C@@H](C1)N2CCC1(c2cccc(F)c2)CCN(C(=O)c2cc(S(=O)(=O)NC3CCCC3)c(F)cc2Cl)CC1. The van der Waals surface area contributed by atoms with Crippen LogP contribution in [0.25, 0.3) is 11.0 Å². The van der Waals surface area contributed by atoms with E-state index >= 15 is 4.39 Å². The molecule has 1 amide bonds. The van der Waals surface area contributed by atoms with Gasteiger partial charge in [0.15, 0.2) is 0 Å². The number of imidazole rings is 1. The third kappa shape index (κ3) is 6.67. The first-order valence-electron chi connectivity index (χ1n) is 18.8. The van der Waals surface area contributed by atoms with E-state index in [4.69, 9.17) is 16.6 Å². The van der Waals surface area contributed by atoms with Gasteiger partial charge in [-0.05, 0) is 119 Å². The lowest BCUT2D eigenvalue weighted by Crippen LogP contribution is -2.49. The van der Waals surface area contributed by atoms with Crippen molar-refractivity contribution in [1.29, 1.82) is 0 Å². The number of sulfonamides is 1. The number of likely N-dealkylation sites (tertiary alicyclic amines) is 1. The number of carbonyl (C=O) groups is 1. The van der Waals surface area contributed by atoms with Crippen LogP contribution in [0.3, 0.4) is 0 Å². The first-order valence-corrected chi connectivity index (χ1v) is 20.6. The predicted molar refractivity (Wildman–Crippen MR) is 198 cm³/mol. The average Bonchev–Trinajstić information content (AvgIpc) is 3.81. The van der Waals surface area contributed by atoms with Gasteiger partial charge in [-0.1, -0.05) is 48.7 Å². The molecule has 3 saturated heterocycles. The Morgan fingerprint density at radius 3 is 2.37 bits per heavy atom. The van der Waals surface area contributed by atoms with Crippen molar-refractivity contribution in [3.8, 4) is 0 Å². The van der Waals surface area contributed by atoms with Crippen LogP contribution in [0.1, 0.15) is 98.4 Å². The Hall–Kier alpha value is -3.38. The topological polar surface area (TPSA) is 87.5 Å². The summed E-state index contributed by atoms with van der Waals surface area (Å²) in [5.41, 5.74) is 2.80. The van der Waals surface area contributed by atoms with Crippen LogP contribution in [0.4, 0.5) is 8.78 Å². The van der Waals surface area contributed by atoms with Crippen molar-refractivity contribution in [2.75, 3.05) is 19.6 Å². The molecule has 3 aromatic carbocycles. The highest BCUT2D eigenvalue weighted by molar-refractivity contribution is 7.89. The summed E-state index contributed by atoms with van der Waals surface area (Å²) in [5, 5.41) is -0.123. The molecule has 4 aromatic rings. The van der Waals surface area contributed by atoms with Crippen molar-refractivity contribution in [1.82, 2.24) is 24.1 Å². The summed E-state index contributed by atoms with van der Waals surface area (Å²) in [6, 6.07) is 18.3. The van der Waals surface area contributed by atoms with Crippen molar-refractivity contribution in [2.45, 2.75) is 112 Å². The van der Waals surface area contributed by atoms with E-state index in [9.17, 15) is 17.6 Å². The summed E-state index contributed by atoms with van der Waals surface area (Å²) >= 11 is 6.40. The van der Waals surface area contributed by atoms with Crippen LogP contribution in [0, 0.1) is 18.6 Å². The number of nitrogens with one attached hydrogen (secondary N) is 1. The van der Waals surface area contributed by atoms with Gasteiger partial charge in [0.25, 0.3) is 5.91 Å². The fraction of sp³-hybridized carbons (Fsp3) is 0.500. The quantitative estimate of drug-likeness (QED) is 0.188. The highest BCUT2D eigenvalue weighted by Crippen LogP contribution is 2.45. The number of nitrogens with zero attached hydrogens (tertiary/aromatic N) is 4. The number of piperidine rings is 2. The van der Waals surface area contributed by atoms with Gasteiger partial charge in [-0.15, -0.1) is 0 Å². The summed E-state index contributed by atoms with van der Waals surface area (Å²) in [6.45, 7) is 3.75. The van der Waals surface area contributed by atoms with Gasteiger partial charge in [0, 0.05) is 37.3 Å². The number of fused-ring (bicyclic) bond motifs is 3. The minimum Gasteiger partial charge on any atom is -0.339 e. The monoisotopic (exact) mass is 749 g/mol. The van der Waals surface area contributed by atoms with E-state index in [0.29, 0.717) is 56.9 Å². The molecule has 3 aliphatic heterocycles. The number of para-hydroxylation sites is 2. The average molecular weight is 750 g/mol. The molecule has 52 heavy (non-hydrogen) atoms. The second-order valence-electron chi connectivity index (χ2n) is 15.5. The number of halogens is 3. The van der Waals surface area contributed by atoms with E-state index < -0.39 is 26.6 Å². The number of hydrogen-bond acceptors (Lipinski definition) is 5. The van der Waals surface area contributed by atoms with E-state index in [1.165, 1.54) is 11.6 Å². The van der Waals surface area contributed by atoms with E-state index in [1.807, 2.05) is 12.1 Å². The standard InChI is InChI=1S/C40H46ClF2N5O3S/c1-26-44-36-11-4-5-12-37(36)48(26)32-22-30-13-14-31(23-32)47(30)20-17-40(27-7-6-8-28(42)21-27)15-18-46(19-16-40)39(49)33-24-38(35(43)25-34(33)41)52(50,51)45-29-9-2-3-10-29/h4-8,11-12,21,24-25,29-32,45H,2-3,9-10,13-20,22-23H2,1H3/t30-,31+,32?. The molecule has 1 N–H and O–H groups in total. The molecule has 0 spiro atoms. The Morgan fingerprint density at radius 2 is 1.65 bits per heavy atom. The molecule has 4 fully saturated rings. The molecule has 1 aromatic heterocycles. The first kappa shape index (κ1) is 35.6. The molecule has 276 valence electrons. The molecule has 8 nitrogen and oxygen atoms in total. The summed E-state index contributed by atoms with van der Waals surface area (Å²) in [6.07, 6.45) is 9.73. The van der Waals surface area contributed by atoms with Gasteiger partial charge in [-0.25, -0.2) is 26.9 Å². The zero-order valence-corrected chi connectivity index (χ0v) is 31.1. The number of aromatic nitrogens is 2. The number of rotatable bonds is 9. The molecule has 1 aliphatic carbocycles. The van der Waals surface area contributed by atoms with Gasteiger partial charge >= 0.3 is 0 Å². The van der Waals surface area contributed by atoms with E-state index in [2.05, 4.69) is 39.3 Å².